The highest BCUT2D eigenvalue weighted by atomic mass is 79.9. The summed E-state index contributed by atoms with van der Waals surface area (Å²) in [5, 5.41) is 16.5. The van der Waals surface area contributed by atoms with Gasteiger partial charge in [-0.25, -0.2) is 0 Å². The number of benzene rings is 2. The number of halogens is 2. The van der Waals surface area contributed by atoms with Crippen LogP contribution >= 0.6 is 39.7 Å². The van der Waals surface area contributed by atoms with Crippen LogP contribution in [-0.4, -0.2) is 24.7 Å². The second-order valence-electron chi connectivity index (χ2n) is 7.05. The van der Waals surface area contributed by atoms with Gasteiger partial charge in [0.1, 0.15) is 0 Å². The van der Waals surface area contributed by atoms with Gasteiger partial charge in [-0.05, 0) is 63.9 Å². The molecule has 2 aromatic carbocycles. The van der Waals surface area contributed by atoms with E-state index in [1.165, 1.54) is 11.1 Å². The molecule has 4 rings (SSSR count). The number of nitrogens with zero attached hydrogens (tertiary/aromatic N) is 4. The standard InChI is InChI=1S/C22H20BrClN6S/c1-15-4-2-3-5-17(15)13-29-11-10-20(27-29)25-22(31)26-21-19(23)14-30(28-21)12-16-6-8-18(24)9-7-16/h2-11,14H,12-13H2,1H3,(H2,25,26,27,28,31). The third-order valence-electron chi connectivity index (χ3n) is 4.68. The van der Waals surface area contributed by atoms with E-state index in [2.05, 4.69) is 55.8 Å². The minimum absolute atomic E-state index is 0.415. The molecule has 0 spiro atoms. The molecular weight excluding hydrogens is 496 g/mol. The van der Waals surface area contributed by atoms with Gasteiger partial charge in [-0.15, -0.1) is 0 Å². The van der Waals surface area contributed by atoms with Crippen LogP contribution in [0.3, 0.4) is 0 Å². The summed E-state index contributed by atoms with van der Waals surface area (Å²) in [6.45, 7) is 3.43. The number of rotatable bonds is 6. The van der Waals surface area contributed by atoms with E-state index in [0.29, 0.717) is 34.9 Å². The summed E-state index contributed by atoms with van der Waals surface area (Å²) < 4.78 is 4.52. The van der Waals surface area contributed by atoms with Gasteiger partial charge in [-0.1, -0.05) is 48.0 Å². The number of aromatic nitrogens is 4. The first-order chi connectivity index (χ1) is 15.0. The SMILES string of the molecule is Cc1ccccc1Cn1ccc(NC(=S)Nc2nn(Cc3ccc(Cl)cc3)cc2Br)n1. The summed E-state index contributed by atoms with van der Waals surface area (Å²) in [5.74, 6) is 1.30. The summed E-state index contributed by atoms with van der Waals surface area (Å²) in [4.78, 5) is 0. The maximum Gasteiger partial charge on any atom is 0.177 e. The number of aryl methyl sites for hydroxylation is 1. The van der Waals surface area contributed by atoms with Crippen LogP contribution in [0.2, 0.25) is 5.02 Å². The highest BCUT2D eigenvalue weighted by Crippen LogP contribution is 2.21. The fourth-order valence-corrected chi connectivity index (χ4v) is 3.82. The predicted molar refractivity (Wildman–Crippen MR) is 133 cm³/mol. The molecule has 0 aliphatic carbocycles. The van der Waals surface area contributed by atoms with Crippen molar-refractivity contribution in [2.75, 3.05) is 10.6 Å². The van der Waals surface area contributed by atoms with Crippen molar-refractivity contribution >= 4 is 56.5 Å². The molecule has 31 heavy (non-hydrogen) atoms. The summed E-state index contributed by atoms with van der Waals surface area (Å²) in [6.07, 6.45) is 3.82. The molecule has 158 valence electrons. The van der Waals surface area contributed by atoms with Crippen molar-refractivity contribution in [3.63, 3.8) is 0 Å². The molecule has 0 bridgehead atoms. The van der Waals surface area contributed by atoms with Crippen molar-refractivity contribution in [3.05, 3.63) is 93.2 Å². The van der Waals surface area contributed by atoms with E-state index in [4.69, 9.17) is 23.8 Å². The van der Waals surface area contributed by atoms with Crippen LogP contribution < -0.4 is 10.6 Å². The number of hydrogen-bond donors (Lipinski definition) is 2. The molecule has 9 heteroatoms. The Labute approximate surface area is 199 Å². The van der Waals surface area contributed by atoms with Crippen molar-refractivity contribution in [2.45, 2.75) is 20.0 Å². The Hall–Kier alpha value is -2.68. The zero-order valence-electron chi connectivity index (χ0n) is 16.7. The highest BCUT2D eigenvalue weighted by Gasteiger charge is 2.10. The van der Waals surface area contributed by atoms with Gasteiger partial charge in [0.2, 0.25) is 0 Å². The third kappa shape index (κ3) is 5.72. The van der Waals surface area contributed by atoms with Crippen molar-refractivity contribution in [1.82, 2.24) is 19.6 Å². The molecule has 0 radical (unpaired) electrons. The summed E-state index contributed by atoms with van der Waals surface area (Å²) >= 11 is 14.9. The van der Waals surface area contributed by atoms with Crippen molar-refractivity contribution < 1.29 is 0 Å². The van der Waals surface area contributed by atoms with Crippen LogP contribution in [0.1, 0.15) is 16.7 Å². The van der Waals surface area contributed by atoms with E-state index in [-0.39, 0.29) is 0 Å². The van der Waals surface area contributed by atoms with Gasteiger partial charge < -0.3 is 10.6 Å². The average Bonchev–Trinajstić information content (AvgIpc) is 3.31. The molecule has 0 aliphatic rings. The van der Waals surface area contributed by atoms with Crippen LogP contribution in [0.4, 0.5) is 11.6 Å². The van der Waals surface area contributed by atoms with E-state index in [1.54, 1.807) is 0 Å². The normalized spacial score (nSPS) is 10.8. The molecule has 0 saturated heterocycles. The van der Waals surface area contributed by atoms with Crippen LogP contribution in [0.25, 0.3) is 0 Å². The van der Waals surface area contributed by atoms with Crippen LogP contribution in [0, 0.1) is 6.92 Å². The van der Waals surface area contributed by atoms with Crippen LogP contribution in [-0.2, 0) is 13.1 Å². The summed E-state index contributed by atoms with van der Waals surface area (Å²) in [5.41, 5.74) is 3.57. The van der Waals surface area contributed by atoms with Crippen LogP contribution in [0.5, 0.6) is 0 Å². The lowest BCUT2D eigenvalue weighted by Crippen LogP contribution is -2.20. The first-order valence-electron chi connectivity index (χ1n) is 9.59. The zero-order valence-corrected chi connectivity index (χ0v) is 19.9. The lowest BCUT2D eigenvalue weighted by atomic mass is 10.1. The monoisotopic (exact) mass is 514 g/mol. The van der Waals surface area contributed by atoms with E-state index in [9.17, 15) is 0 Å². The molecule has 0 unspecified atom stereocenters. The largest absolute Gasteiger partial charge is 0.316 e. The molecule has 0 aliphatic heterocycles. The molecule has 2 N–H and O–H groups in total. The fourth-order valence-electron chi connectivity index (χ4n) is 3.07. The summed E-state index contributed by atoms with van der Waals surface area (Å²) in [7, 11) is 0. The molecule has 0 saturated carbocycles. The van der Waals surface area contributed by atoms with E-state index < -0.39 is 0 Å². The van der Waals surface area contributed by atoms with E-state index >= 15 is 0 Å². The highest BCUT2D eigenvalue weighted by molar-refractivity contribution is 9.10. The Balaban J connectivity index is 1.36. The average molecular weight is 516 g/mol. The maximum atomic E-state index is 5.95. The van der Waals surface area contributed by atoms with E-state index in [0.717, 1.165) is 10.0 Å². The minimum atomic E-state index is 0.415. The predicted octanol–water partition coefficient (Wildman–Crippen LogP) is 5.71. The van der Waals surface area contributed by atoms with Gasteiger partial charge in [0.05, 0.1) is 17.6 Å². The van der Waals surface area contributed by atoms with Crippen molar-refractivity contribution in [3.8, 4) is 0 Å². The first-order valence-corrected chi connectivity index (χ1v) is 11.2. The quantitative estimate of drug-likeness (QED) is 0.322. The van der Waals surface area contributed by atoms with Gasteiger partial charge >= 0.3 is 0 Å². The fraction of sp³-hybridized carbons (Fsp3) is 0.136. The van der Waals surface area contributed by atoms with Gasteiger partial charge in [0, 0.05) is 23.5 Å². The number of anilines is 2. The van der Waals surface area contributed by atoms with Crippen LogP contribution in [0.15, 0.2) is 71.5 Å². The maximum absolute atomic E-state index is 5.95. The summed E-state index contributed by atoms with van der Waals surface area (Å²) in [6, 6.07) is 17.9. The topological polar surface area (TPSA) is 59.7 Å². The Kier molecular flexibility index (Phi) is 6.70. The smallest absolute Gasteiger partial charge is 0.177 e. The Morgan fingerprint density at radius 1 is 1.00 bits per heavy atom. The van der Waals surface area contributed by atoms with Crippen molar-refractivity contribution in [1.29, 1.82) is 0 Å². The van der Waals surface area contributed by atoms with E-state index in [1.807, 2.05) is 64.2 Å². The molecule has 0 fully saturated rings. The molecular formula is C22H20BrClN6S. The zero-order chi connectivity index (χ0) is 21.8. The van der Waals surface area contributed by atoms with Gasteiger partial charge in [-0.3, -0.25) is 9.36 Å². The van der Waals surface area contributed by atoms with Gasteiger partial charge in [0.15, 0.2) is 16.7 Å². The number of hydrogen-bond acceptors (Lipinski definition) is 3. The third-order valence-corrected chi connectivity index (χ3v) is 5.72. The molecule has 6 nitrogen and oxygen atoms in total. The lowest BCUT2D eigenvalue weighted by molar-refractivity contribution is 0.687. The Morgan fingerprint density at radius 2 is 1.77 bits per heavy atom. The lowest BCUT2D eigenvalue weighted by Gasteiger charge is -2.07. The second kappa shape index (κ2) is 9.64. The minimum Gasteiger partial charge on any atom is -0.316 e. The molecule has 2 heterocycles. The Morgan fingerprint density at radius 3 is 2.55 bits per heavy atom. The molecule has 4 aromatic rings. The van der Waals surface area contributed by atoms with Gasteiger partial charge in [0.25, 0.3) is 0 Å². The number of thiocarbonyl (C=S) groups is 1. The molecule has 0 atom stereocenters. The molecule has 2 aromatic heterocycles. The Bertz CT molecular complexity index is 1200. The first kappa shape index (κ1) is 21.5. The van der Waals surface area contributed by atoms with Crippen molar-refractivity contribution in [2.24, 2.45) is 0 Å². The second-order valence-corrected chi connectivity index (χ2v) is 8.75. The van der Waals surface area contributed by atoms with Gasteiger partial charge in [-0.2, -0.15) is 10.2 Å². The molecule has 0 amide bonds. The number of nitrogens with one attached hydrogen (secondary N) is 2.